The number of hydrogen-bond donors (Lipinski definition) is 0. The van der Waals surface area contributed by atoms with Crippen LogP contribution in [0.3, 0.4) is 0 Å². The predicted octanol–water partition coefficient (Wildman–Crippen LogP) is 2.45. The third-order valence-corrected chi connectivity index (χ3v) is 3.14. The Hall–Kier alpha value is -0.260. The van der Waals surface area contributed by atoms with E-state index >= 15 is 0 Å². The Morgan fingerprint density at radius 1 is 1.50 bits per heavy atom. The van der Waals surface area contributed by atoms with Gasteiger partial charge in [-0.1, -0.05) is 30.6 Å². The van der Waals surface area contributed by atoms with Crippen molar-refractivity contribution in [1.29, 1.82) is 0 Å². The average Bonchev–Trinajstić information content (AvgIpc) is 2.30. The molecule has 14 heavy (non-hydrogen) atoms. The van der Waals surface area contributed by atoms with Crippen LogP contribution in [0.25, 0.3) is 0 Å². The molecule has 1 aromatic rings. The number of nitrogens with zero attached hydrogens (tertiary/aromatic N) is 1. The highest BCUT2D eigenvalue weighted by molar-refractivity contribution is 8.13. The summed E-state index contributed by atoms with van der Waals surface area (Å²) in [5, 5.41) is 3.06. The maximum absolute atomic E-state index is 10.9. The van der Waals surface area contributed by atoms with E-state index in [0.29, 0.717) is 18.0 Å². The molecule has 4 nitrogen and oxygen atoms in total. The summed E-state index contributed by atoms with van der Waals surface area (Å²) in [4.78, 5) is 0. The van der Waals surface area contributed by atoms with Crippen molar-refractivity contribution in [2.75, 3.05) is 0 Å². The van der Waals surface area contributed by atoms with Crippen molar-refractivity contribution in [3.63, 3.8) is 0 Å². The van der Waals surface area contributed by atoms with E-state index < -0.39 is 14.1 Å². The van der Waals surface area contributed by atoms with Crippen molar-refractivity contribution in [2.24, 2.45) is 5.92 Å². The highest BCUT2D eigenvalue weighted by Crippen LogP contribution is 2.28. The first-order valence-corrected chi connectivity index (χ1v) is 6.59. The molecule has 0 amide bonds. The van der Waals surface area contributed by atoms with Crippen molar-refractivity contribution < 1.29 is 12.9 Å². The molecule has 80 valence electrons. The van der Waals surface area contributed by atoms with Gasteiger partial charge >= 0.3 is 0 Å². The first kappa shape index (κ1) is 11.8. The second-order valence-corrected chi connectivity index (χ2v) is 6.11. The van der Waals surface area contributed by atoms with Crippen LogP contribution in [0, 0.1) is 5.92 Å². The molecule has 0 N–H and O–H groups in total. The van der Waals surface area contributed by atoms with E-state index in [1.54, 1.807) is 0 Å². The molecule has 0 fully saturated rings. The van der Waals surface area contributed by atoms with Crippen molar-refractivity contribution in [1.82, 2.24) is 5.16 Å². The largest absolute Gasteiger partial charge is 0.341 e. The van der Waals surface area contributed by atoms with E-state index in [2.05, 4.69) is 9.68 Å². The summed E-state index contributed by atoms with van der Waals surface area (Å²) in [5.41, 5.74) is 0.417. The number of aromatic nitrogens is 1. The fraction of sp³-hybridized carbons (Fsp3) is 0.571. The molecule has 0 saturated carbocycles. The second-order valence-electron chi connectivity index (χ2n) is 3.27. The van der Waals surface area contributed by atoms with Gasteiger partial charge in [0.2, 0.25) is 0 Å². The Bertz CT molecular complexity index is 424. The van der Waals surface area contributed by atoms with Crippen LogP contribution < -0.4 is 0 Å². The van der Waals surface area contributed by atoms with Crippen LogP contribution in [-0.2, 0) is 15.5 Å². The standard InChI is InChI=1S/C7H9Cl2NO3S/c1-4(2)3-5-6(8)7(13-10-5)14(9,11)12/h4H,3H2,1-2H3. The predicted molar refractivity (Wildman–Crippen MR) is 53.1 cm³/mol. The zero-order chi connectivity index (χ0) is 10.9. The van der Waals surface area contributed by atoms with Crippen LogP contribution in [0.4, 0.5) is 0 Å². The van der Waals surface area contributed by atoms with Gasteiger partial charge in [0.1, 0.15) is 10.7 Å². The smallest absolute Gasteiger partial charge is 0.298 e. The summed E-state index contributed by atoms with van der Waals surface area (Å²) in [5.74, 6) is 0.309. The molecule has 0 aliphatic heterocycles. The molecule has 0 aliphatic rings. The van der Waals surface area contributed by atoms with Crippen LogP contribution >= 0.6 is 22.3 Å². The van der Waals surface area contributed by atoms with Gasteiger partial charge in [0.15, 0.2) is 0 Å². The normalized spacial score (nSPS) is 12.4. The highest BCUT2D eigenvalue weighted by Gasteiger charge is 2.24. The fourth-order valence-electron chi connectivity index (χ4n) is 0.960. The van der Waals surface area contributed by atoms with Crippen molar-refractivity contribution in [3.8, 4) is 0 Å². The third-order valence-electron chi connectivity index (χ3n) is 1.49. The molecule has 0 spiro atoms. The maximum atomic E-state index is 10.9. The van der Waals surface area contributed by atoms with Gasteiger partial charge in [0.05, 0.1) is 0 Å². The lowest BCUT2D eigenvalue weighted by molar-refractivity contribution is 0.335. The highest BCUT2D eigenvalue weighted by atomic mass is 35.7. The van der Waals surface area contributed by atoms with Crippen molar-refractivity contribution in [3.05, 3.63) is 10.7 Å². The first-order chi connectivity index (χ1) is 6.32. The van der Waals surface area contributed by atoms with Gasteiger partial charge < -0.3 is 4.52 Å². The van der Waals surface area contributed by atoms with E-state index in [1.807, 2.05) is 13.8 Å². The zero-order valence-corrected chi connectivity index (χ0v) is 9.95. The summed E-state index contributed by atoms with van der Waals surface area (Å²) >= 11 is 5.73. The molecule has 1 rings (SSSR count). The summed E-state index contributed by atoms with van der Waals surface area (Å²) < 4.78 is 26.4. The number of halogens is 2. The molecule has 1 heterocycles. The van der Waals surface area contributed by atoms with E-state index in [1.165, 1.54) is 0 Å². The Kier molecular flexibility index (Phi) is 3.44. The monoisotopic (exact) mass is 257 g/mol. The average molecular weight is 258 g/mol. The fourth-order valence-corrected chi connectivity index (χ4v) is 2.30. The third kappa shape index (κ3) is 2.62. The molecule has 0 atom stereocenters. The SMILES string of the molecule is CC(C)Cc1noc(S(=O)(=O)Cl)c1Cl. The molecule has 0 unspecified atom stereocenters. The van der Waals surface area contributed by atoms with Crippen LogP contribution in [0.15, 0.2) is 9.62 Å². The van der Waals surface area contributed by atoms with Gasteiger partial charge in [0, 0.05) is 10.7 Å². The molecule has 0 bridgehead atoms. The molecular weight excluding hydrogens is 249 g/mol. The van der Waals surface area contributed by atoms with E-state index in [9.17, 15) is 8.42 Å². The van der Waals surface area contributed by atoms with Gasteiger partial charge in [-0.05, 0) is 12.3 Å². The van der Waals surface area contributed by atoms with E-state index in [4.69, 9.17) is 22.3 Å². The summed E-state index contributed by atoms with van der Waals surface area (Å²) in [6.45, 7) is 3.92. The van der Waals surface area contributed by atoms with Crippen LogP contribution in [-0.4, -0.2) is 13.6 Å². The Morgan fingerprint density at radius 3 is 2.43 bits per heavy atom. The topological polar surface area (TPSA) is 60.2 Å². The van der Waals surface area contributed by atoms with E-state index in [0.717, 1.165) is 0 Å². The zero-order valence-electron chi connectivity index (χ0n) is 7.62. The molecule has 1 aromatic heterocycles. The van der Waals surface area contributed by atoms with Crippen LogP contribution in [0.5, 0.6) is 0 Å². The van der Waals surface area contributed by atoms with E-state index in [-0.39, 0.29) is 5.02 Å². The van der Waals surface area contributed by atoms with Crippen molar-refractivity contribution in [2.45, 2.75) is 25.4 Å². The first-order valence-electron chi connectivity index (χ1n) is 3.91. The van der Waals surface area contributed by atoms with Gasteiger partial charge in [-0.15, -0.1) is 0 Å². The molecule has 0 aliphatic carbocycles. The molecular formula is C7H9Cl2NO3S. The lowest BCUT2D eigenvalue weighted by Gasteiger charge is -1.98. The van der Waals surface area contributed by atoms with Gasteiger partial charge in [-0.2, -0.15) is 0 Å². The maximum Gasteiger partial charge on any atom is 0.298 e. The molecule has 0 aromatic carbocycles. The van der Waals surface area contributed by atoms with Crippen LogP contribution in [0.1, 0.15) is 19.5 Å². The summed E-state index contributed by atoms with van der Waals surface area (Å²) in [6, 6.07) is 0. The summed E-state index contributed by atoms with van der Waals surface area (Å²) in [7, 11) is 1.13. The second kappa shape index (κ2) is 4.08. The van der Waals surface area contributed by atoms with Gasteiger partial charge in [-0.3, -0.25) is 0 Å². The minimum Gasteiger partial charge on any atom is -0.341 e. The lowest BCUT2D eigenvalue weighted by atomic mass is 10.1. The lowest BCUT2D eigenvalue weighted by Crippen LogP contribution is -1.95. The molecule has 7 heteroatoms. The number of hydrogen-bond acceptors (Lipinski definition) is 4. The Morgan fingerprint density at radius 2 is 2.07 bits per heavy atom. The molecule has 0 radical (unpaired) electrons. The Labute approximate surface area is 91.6 Å². The van der Waals surface area contributed by atoms with Gasteiger partial charge in [0.25, 0.3) is 14.1 Å². The van der Waals surface area contributed by atoms with Crippen LogP contribution in [0.2, 0.25) is 5.02 Å². The quantitative estimate of drug-likeness (QED) is 0.781. The Balaban J connectivity index is 3.09. The van der Waals surface area contributed by atoms with Gasteiger partial charge in [-0.25, -0.2) is 8.42 Å². The minimum atomic E-state index is -3.94. The molecule has 0 saturated heterocycles. The van der Waals surface area contributed by atoms with Crippen molar-refractivity contribution >= 4 is 31.3 Å². The number of rotatable bonds is 3. The summed E-state index contributed by atoms with van der Waals surface area (Å²) in [6.07, 6.45) is 0.550. The minimum absolute atomic E-state index is 0.0197.